The van der Waals surface area contributed by atoms with Gasteiger partial charge in [0.25, 0.3) is 0 Å². The summed E-state index contributed by atoms with van der Waals surface area (Å²) in [5.41, 5.74) is 0. The predicted octanol–water partition coefficient (Wildman–Crippen LogP) is 0.671. The molecule has 2 aliphatic rings. The summed E-state index contributed by atoms with van der Waals surface area (Å²) in [4.78, 5) is 1.70. The minimum absolute atomic E-state index is 0.170. The monoisotopic (exact) mass is 357 g/mol. The average molecular weight is 357 g/mol. The van der Waals surface area contributed by atoms with Gasteiger partial charge >= 0.3 is 0 Å². The van der Waals surface area contributed by atoms with Crippen molar-refractivity contribution in [1.29, 1.82) is 0 Å². The van der Waals surface area contributed by atoms with Gasteiger partial charge in [-0.25, -0.2) is 12.8 Å². The van der Waals surface area contributed by atoms with E-state index in [0.717, 1.165) is 25.9 Å². The number of hydrogen-bond acceptors (Lipinski definition) is 3. The minimum atomic E-state index is -3.52. The number of rotatable bonds is 3. The maximum atomic E-state index is 13.0. The van der Waals surface area contributed by atoms with Crippen LogP contribution in [-0.4, -0.2) is 57.2 Å². The first-order valence-electron chi connectivity index (χ1n) is 8.62. The second kappa shape index (κ2) is 7.07. The molecule has 2 fully saturated rings. The number of hydrogen-bond donors (Lipinski definition) is 1. The van der Waals surface area contributed by atoms with Gasteiger partial charge < -0.3 is 9.64 Å². The Bertz CT molecular complexity index is 647. The molecule has 1 N–H and O–H groups in total. The lowest BCUT2D eigenvalue weighted by Gasteiger charge is -2.40. The Morgan fingerprint density at radius 3 is 2.17 bits per heavy atom. The molecule has 0 saturated carbocycles. The third-order valence-corrected chi connectivity index (χ3v) is 6.96. The van der Waals surface area contributed by atoms with Crippen molar-refractivity contribution >= 4 is 10.0 Å². The third kappa shape index (κ3) is 3.79. The summed E-state index contributed by atoms with van der Waals surface area (Å²) in [7, 11) is -3.52. The number of ether oxygens (including phenoxy) is 1. The van der Waals surface area contributed by atoms with Crippen molar-refractivity contribution in [3.8, 4) is 0 Å². The summed E-state index contributed by atoms with van der Waals surface area (Å²) < 4.78 is 45.7. The van der Waals surface area contributed by atoms with Gasteiger partial charge in [-0.3, -0.25) is 0 Å². The smallest absolute Gasteiger partial charge is 0.243 e. The van der Waals surface area contributed by atoms with E-state index in [1.807, 2.05) is 0 Å². The zero-order valence-corrected chi connectivity index (χ0v) is 15.1. The van der Waals surface area contributed by atoms with Crippen molar-refractivity contribution in [3.63, 3.8) is 0 Å². The maximum absolute atomic E-state index is 13.0. The molecule has 5 nitrogen and oxygen atoms in total. The summed E-state index contributed by atoms with van der Waals surface area (Å²) in [6, 6.07) is 5.56. The molecule has 0 radical (unpaired) electrons. The molecular formula is C17H26FN2O3S+. The summed E-state index contributed by atoms with van der Waals surface area (Å²) >= 11 is 0. The molecule has 0 spiro atoms. The zero-order valence-electron chi connectivity index (χ0n) is 14.2. The topological polar surface area (TPSA) is 51.0 Å². The molecule has 134 valence electrons. The molecule has 7 heteroatoms. The van der Waals surface area contributed by atoms with Gasteiger partial charge in [-0.05, 0) is 38.1 Å². The van der Waals surface area contributed by atoms with E-state index in [9.17, 15) is 12.8 Å². The first-order chi connectivity index (χ1) is 11.4. The SMILES string of the molecule is C[C@@H]1C[NH+](C2CCN(S(=O)(=O)c3ccc(F)cc3)CC2)C[C@@H](C)O1. The van der Waals surface area contributed by atoms with E-state index in [1.165, 1.54) is 33.5 Å². The van der Waals surface area contributed by atoms with Gasteiger partial charge in [0.15, 0.2) is 0 Å². The van der Waals surface area contributed by atoms with Crippen LogP contribution in [0.15, 0.2) is 29.2 Å². The number of morpholine rings is 1. The maximum Gasteiger partial charge on any atom is 0.243 e. The van der Waals surface area contributed by atoms with Crippen LogP contribution in [0, 0.1) is 5.82 Å². The second-order valence-electron chi connectivity index (χ2n) is 6.96. The fourth-order valence-corrected chi connectivity index (χ4v) is 5.38. The summed E-state index contributed by atoms with van der Waals surface area (Å²) in [5, 5.41) is 0. The molecular weight excluding hydrogens is 331 g/mol. The summed E-state index contributed by atoms with van der Waals surface area (Å²) in [6.07, 6.45) is 2.22. The number of sulfonamides is 1. The summed E-state index contributed by atoms with van der Waals surface area (Å²) in [5.74, 6) is -0.424. The Morgan fingerprint density at radius 2 is 1.62 bits per heavy atom. The van der Waals surface area contributed by atoms with Crippen LogP contribution in [-0.2, 0) is 14.8 Å². The van der Waals surface area contributed by atoms with Crippen molar-refractivity contribution in [3.05, 3.63) is 30.1 Å². The number of halogens is 1. The van der Waals surface area contributed by atoms with Gasteiger partial charge in [-0.1, -0.05) is 0 Å². The van der Waals surface area contributed by atoms with Crippen LogP contribution in [0.4, 0.5) is 4.39 Å². The lowest BCUT2D eigenvalue weighted by molar-refractivity contribution is -0.940. The van der Waals surface area contributed by atoms with Crippen LogP contribution in [0.5, 0.6) is 0 Å². The number of nitrogens with zero attached hydrogens (tertiary/aromatic N) is 1. The number of quaternary nitrogens is 1. The molecule has 1 aromatic carbocycles. The van der Waals surface area contributed by atoms with Gasteiger partial charge in [0.1, 0.15) is 31.1 Å². The molecule has 2 saturated heterocycles. The highest BCUT2D eigenvalue weighted by molar-refractivity contribution is 7.89. The highest BCUT2D eigenvalue weighted by Crippen LogP contribution is 2.20. The summed E-state index contributed by atoms with van der Waals surface area (Å²) in [6.45, 7) is 7.22. The molecule has 3 rings (SSSR count). The van der Waals surface area contributed by atoms with Crippen LogP contribution < -0.4 is 4.90 Å². The molecule has 24 heavy (non-hydrogen) atoms. The van der Waals surface area contributed by atoms with Crippen LogP contribution in [0.1, 0.15) is 26.7 Å². The Morgan fingerprint density at radius 1 is 1.08 bits per heavy atom. The molecule has 1 aromatic rings. The van der Waals surface area contributed by atoms with Crippen LogP contribution in [0.2, 0.25) is 0 Å². The first-order valence-corrected chi connectivity index (χ1v) is 10.1. The van der Waals surface area contributed by atoms with E-state index in [0.29, 0.717) is 19.1 Å². The van der Waals surface area contributed by atoms with Crippen LogP contribution in [0.25, 0.3) is 0 Å². The quantitative estimate of drug-likeness (QED) is 0.865. The van der Waals surface area contributed by atoms with Crippen molar-refractivity contribution in [1.82, 2.24) is 4.31 Å². The Hall–Kier alpha value is -1.02. The Labute approximate surface area is 143 Å². The minimum Gasteiger partial charge on any atom is -0.364 e. The van der Waals surface area contributed by atoms with Crippen molar-refractivity contribution in [2.24, 2.45) is 0 Å². The highest BCUT2D eigenvalue weighted by Gasteiger charge is 2.36. The normalized spacial score (nSPS) is 30.4. The lowest BCUT2D eigenvalue weighted by atomic mass is 10.0. The van der Waals surface area contributed by atoms with Gasteiger partial charge in [0, 0.05) is 25.9 Å². The number of benzene rings is 1. The zero-order chi connectivity index (χ0) is 17.3. The third-order valence-electron chi connectivity index (χ3n) is 5.05. The first kappa shape index (κ1) is 17.8. The lowest BCUT2D eigenvalue weighted by Crippen LogP contribution is -3.19. The fraction of sp³-hybridized carbons (Fsp3) is 0.647. The largest absolute Gasteiger partial charge is 0.364 e. The average Bonchev–Trinajstić information content (AvgIpc) is 2.54. The second-order valence-corrected chi connectivity index (χ2v) is 8.89. The molecule has 0 amide bonds. The van der Waals surface area contributed by atoms with E-state index < -0.39 is 15.8 Å². The van der Waals surface area contributed by atoms with Crippen molar-refractivity contribution < 1.29 is 22.4 Å². The van der Waals surface area contributed by atoms with Crippen LogP contribution >= 0.6 is 0 Å². The number of piperidine rings is 1. The molecule has 2 aliphatic heterocycles. The van der Waals surface area contributed by atoms with Gasteiger partial charge in [0.05, 0.1) is 10.9 Å². The van der Waals surface area contributed by atoms with Gasteiger partial charge in [-0.2, -0.15) is 4.31 Å². The van der Waals surface area contributed by atoms with Crippen LogP contribution in [0.3, 0.4) is 0 Å². The predicted molar refractivity (Wildman–Crippen MR) is 88.9 cm³/mol. The Balaban J connectivity index is 1.63. The molecule has 2 atom stereocenters. The molecule has 0 bridgehead atoms. The van der Waals surface area contributed by atoms with E-state index in [-0.39, 0.29) is 17.1 Å². The molecule has 0 aliphatic carbocycles. The van der Waals surface area contributed by atoms with E-state index in [4.69, 9.17) is 4.74 Å². The molecule has 0 unspecified atom stereocenters. The fourth-order valence-electron chi connectivity index (χ4n) is 3.91. The van der Waals surface area contributed by atoms with E-state index in [1.54, 1.807) is 0 Å². The Kier molecular flexibility index (Phi) is 5.24. The molecule has 2 heterocycles. The number of nitrogens with one attached hydrogen (secondary N) is 1. The van der Waals surface area contributed by atoms with Gasteiger partial charge in [-0.15, -0.1) is 0 Å². The van der Waals surface area contributed by atoms with Crippen molar-refractivity contribution in [2.75, 3.05) is 26.2 Å². The van der Waals surface area contributed by atoms with E-state index in [2.05, 4.69) is 13.8 Å². The van der Waals surface area contributed by atoms with Gasteiger partial charge in [0.2, 0.25) is 10.0 Å². The standard InChI is InChI=1S/C17H25FN2O3S/c1-13-11-19(12-14(2)23-13)16-7-9-20(10-8-16)24(21,22)17-5-3-15(18)4-6-17/h3-6,13-14,16H,7-12H2,1-2H3/p+1/t13-,14-/m1/s1. The highest BCUT2D eigenvalue weighted by atomic mass is 32.2. The van der Waals surface area contributed by atoms with E-state index >= 15 is 0 Å². The van der Waals surface area contributed by atoms with Crippen molar-refractivity contribution in [2.45, 2.75) is 49.8 Å². The molecule has 0 aromatic heterocycles.